The Labute approximate surface area is 108 Å². The SMILES string of the molecule is Cc1nc(NN)nc(NCc2ccoc2)c1[N+](=O)[O-]. The molecule has 0 amide bonds. The summed E-state index contributed by atoms with van der Waals surface area (Å²) in [6.07, 6.45) is 3.05. The fraction of sp³-hybridized carbons (Fsp3) is 0.200. The summed E-state index contributed by atoms with van der Waals surface area (Å²) < 4.78 is 4.91. The van der Waals surface area contributed by atoms with Crippen LogP contribution in [0.4, 0.5) is 17.5 Å². The third-order valence-corrected chi connectivity index (χ3v) is 2.41. The zero-order valence-corrected chi connectivity index (χ0v) is 10.1. The zero-order valence-electron chi connectivity index (χ0n) is 10.1. The van der Waals surface area contributed by atoms with E-state index in [0.29, 0.717) is 6.54 Å². The number of nitrogen functional groups attached to an aromatic ring is 1. The Bertz CT molecular complexity index is 583. The van der Waals surface area contributed by atoms with Gasteiger partial charge in [0, 0.05) is 12.1 Å². The first-order chi connectivity index (χ1) is 9.11. The standard InChI is InChI=1S/C10H12N6O3/c1-6-8(16(17)18)9(14-10(13-6)15-11)12-4-7-2-3-19-5-7/h2-3,5H,4,11H2,1H3,(H2,12,13,14,15). The quantitative estimate of drug-likeness (QED) is 0.416. The predicted molar refractivity (Wildman–Crippen MR) is 67.3 cm³/mol. The van der Waals surface area contributed by atoms with E-state index in [2.05, 4.69) is 20.7 Å². The van der Waals surface area contributed by atoms with Gasteiger partial charge in [-0.1, -0.05) is 0 Å². The topological polar surface area (TPSA) is 132 Å². The van der Waals surface area contributed by atoms with Crippen LogP contribution in [0.3, 0.4) is 0 Å². The Kier molecular flexibility index (Phi) is 3.57. The van der Waals surface area contributed by atoms with Crippen LogP contribution in [0.25, 0.3) is 0 Å². The van der Waals surface area contributed by atoms with Gasteiger partial charge in [-0.15, -0.1) is 0 Å². The molecule has 0 saturated carbocycles. The van der Waals surface area contributed by atoms with E-state index >= 15 is 0 Å². The number of nitrogens with zero attached hydrogens (tertiary/aromatic N) is 3. The van der Waals surface area contributed by atoms with Gasteiger partial charge in [-0.25, -0.2) is 10.8 Å². The molecule has 9 nitrogen and oxygen atoms in total. The first kappa shape index (κ1) is 12.8. The zero-order chi connectivity index (χ0) is 13.8. The maximum absolute atomic E-state index is 11.0. The molecule has 4 N–H and O–H groups in total. The Morgan fingerprint density at radius 3 is 2.89 bits per heavy atom. The van der Waals surface area contributed by atoms with Crippen molar-refractivity contribution in [3.63, 3.8) is 0 Å². The maximum atomic E-state index is 11.0. The highest BCUT2D eigenvalue weighted by atomic mass is 16.6. The van der Waals surface area contributed by atoms with Gasteiger partial charge in [-0.05, 0) is 13.0 Å². The predicted octanol–water partition coefficient (Wildman–Crippen LogP) is 1.18. The smallest absolute Gasteiger partial charge is 0.332 e. The lowest BCUT2D eigenvalue weighted by Crippen LogP contribution is -2.14. The third kappa shape index (κ3) is 2.77. The summed E-state index contributed by atoms with van der Waals surface area (Å²) in [6, 6.07) is 1.75. The molecule has 0 bridgehead atoms. The summed E-state index contributed by atoms with van der Waals surface area (Å²) >= 11 is 0. The molecule has 0 aliphatic heterocycles. The van der Waals surface area contributed by atoms with Gasteiger partial charge in [0.05, 0.1) is 17.4 Å². The Balaban J connectivity index is 2.30. The fourth-order valence-electron chi connectivity index (χ4n) is 1.55. The fourth-order valence-corrected chi connectivity index (χ4v) is 1.55. The van der Waals surface area contributed by atoms with Crippen molar-refractivity contribution in [3.05, 3.63) is 40.0 Å². The Morgan fingerprint density at radius 2 is 2.32 bits per heavy atom. The molecule has 0 saturated heterocycles. The van der Waals surface area contributed by atoms with Gasteiger partial charge in [0.15, 0.2) is 0 Å². The minimum absolute atomic E-state index is 0.103. The van der Waals surface area contributed by atoms with E-state index in [4.69, 9.17) is 10.3 Å². The monoisotopic (exact) mass is 264 g/mol. The van der Waals surface area contributed by atoms with Crippen molar-refractivity contribution >= 4 is 17.5 Å². The van der Waals surface area contributed by atoms with Gasteiger partial charge in [-0.2, -0.15) is 4.98 Å². The van der Waals surface area contributed by atoms with Crippen LogP contribution in [0, 0.1) is 17.0 Å². The molecule has 2 heterocycles. The number of nitrogens with two attached hydrogens (primary N) is 1. The van der Waals surface area contributed by atoms with Crippen LogP contribution in [0.15, 0.2) is 23.0 Å². The van der Waals surface area contributed by atoms with Crippen LogP contribution in [-0.4, -0.2) is 14.9 Å². The van der Waals surface area contributed by atoms with E-state index in [1.54, 1.807) is 6.07 Å². The van der Waals surface area contributed by atoms with Crippen LogP contribution in [-0.2, 0) is 6.54 Å². The van der Waals surface area contributed by atoms with Crippen molar-refractivity contribution in [2.24, 2.45) is 5.84 Å². The van der Waals surface area contributed by atoms with Crippen LogP contribution in [0.1, 0.15) is 11.3 Å². The third-order valence-electron chi connectivity index (χ3n) is 2.41. The minimum Gasteiger partial charge on any atom is -0.472 e. The lowest BCUT2D eigenvalue weighted by atomic mass is 10.3. The molecule has 0 aliphatic rings. The molecule has 0 fully saturated rings. The normalized spacial score (nSPS) is 10.2. The molecule has 2 rings (SSSR count). The molecule has 0 spiro atoms. The van der Waals surface area contributed by atoms with E-state index in [-0.39, 0.29) is 23.1 Å². The minimum atomic E-state index is -0.534. The number of nitro groups is 1. The lowest BCUT2D eigenvalue weighted by molar-refractivity contribution is -0.385. The molecule has 0 atom stereocenters. The van der Waals surface area contributed by atoms with Crippen LogP contribution in [0.2, 0.25) is 0 Å². The van der Waals surface area contributed by atoms with Crippen molar-refractivity contribution in [2.75, 3.05) is 10.7 Å². The summed E-state index contributed by atoms with van der Waals surface area (Å²) in [5, 5.41) is 13.9. The Hall–Kier alpha value is -2.68. The number of anilines is 2. The number of aryl methyl sites for hydroxylation is 1. The number of hydrogen-bond acceptors (Lipinski definition) is 8. The average molecular weight is 264 g/mol. The van der Waals surface area contributed by atoms with Gasteiger partial charge < -0.3 is 9.73 Å². The van der Waals surface area contributed by atoms with E-state index in [0.717, 1.165) is 5.56 Å². The lowest BCUT2D eigenvalue weighted by Gasteiger charge is -2.08. The van der Waals surface area contributed by atoms with Crippen LogP contribution >= 0.6 is 0 Å². The summed E-state index contributed by atoms with van der Waals surface area (Å²) in [5.41, 5.74) is 3.15. The molecule has 0 aliphatic carbocycles. The number of hydrogen-bond donors (Lipinski definition) is 3. The highest BCUT2D eigenvalue weighted by molar-refractivity contribution is 5.60. The highest BCUT2D eigenvalue weighted by Crippen LogP contribution is 2.26. The second-order valence-electron chi connectivity index (χ2n) is 3.72. The van der Waals surface area contributed by atoms with Gasteiger partial charge >= 0.3 is 5.69 Å². The summed E-state index contributed by atoms with van der Waals surface area (Å²) in [6.45, 7) is 1.86. The van der Waals surface area contributed by atoms with E-state index in [9.17, 15) is 10.1 Å². The number of hydrazine groups is 1. The van der Waals surface area contributed by atoms with Crippen molar-refractivity contribution in [1.29, 1.82) is 0 Å². The molecular formula is C10H12N6O3. The first-order valence-corrected chi connectivity index (χ1v) is 5.36. The molecule has 2 aromatic heterocycles. The Morgan fingerprint density at radius 1 is 1.53 bits per heavy atom. The second-order valence-corrected chi connectivity index (χ2v) is 3.72. The molecule has 0 unspecified atom stereocenters. The largest absolute Gasteiger partial charge is 0.472 e. The number of nitrogens with one attached hydrogen (secondary N) is 2. The van der Waals surface area contributed by atoms with Crippen LogP contribution < -0.4 is 16.6 Å². The molecule has 0 aromatic carbocycles. The number of rotatable bonds is 5. The summed E-state index contributed by atoms with van der Waals surface area (Å²) in [5.74, 6) is 5.43. The van der Waals surface area contributed by atoms with Crippen molar-refractivity contribution in [1.82, 2.24) is 9.97 Å². The van der Waals surface area contributed by atoms with Gasteiger partial charge in [0.1, 0.15) is 5.69 Å². The summed E-state index contributed by atoms with van der Waals surface area (Å²) in [4.78, 5) is 18.3. The average Bonchev–Trinajstić information content (AvgIpc) is 2.88. The van der Waals surface area contributed by atoms with Gasteiger partial charge in [-0.3, -0.25) is 15.5 Å². The molecule has 0 radical (unpaired) electrons. The van der Waals surface area contributed by atoms with Gasteiger partial charge in [0.2, 0.25) is 11.8 Å². The van der Waals surface area contributed by atoms with E-state index in [1.807, 2.05) is 0 Å². The van der Waals surface area contributed by atoms with Crippen LogP contribution in [0.5, 0.6) is 0 Å². The van der Waals surface area contributed by atoms with Crippen molar-refractivity contribution in [3.8, 4) is 0 Å². The molecule has 9 heteroatoms. The van der Waals surface area contributed by atoms with E-state index in [1.165, 1.54) is 19.5 Å². The molecule has 19 heavy (non-hydrogen) atoms. The summed E-state index contributed by atoms with van der Waals surface area (Å²) in [7, 11) is 0. The van der Waals surface area contributed by atoms with Crippen molar-refractivity contribution < 1.29 is 9.34 Å². The number of furan rings is 1. The molecule has 2 aromatic rings. The molecular weight excluding hydrogens is 252 g/mol. The highest BCUT2D eigenvalue weighted by Gasteiger charge is 2.21. The maximum Gasteiger partial charge on any atom is 0.332 e. The number of aromatic nitrogens is 2. The first-order valence-electron chi connectivity index (χ1n) is 5.36. The van der Waals surface area contributed by atoms with Gasteiger partial charge in [0.25, 0.3) is 0 Å². The molecule has 100 valence electrons. The van der Waals surface area contributed by atoms with Crippen molar-refractivity contribution in [2.45, 2.75) is 13.5 Å². The van der Waals surface area contributed by atoms with E-state index < -0.39 is 4.92 Å². The second kappa shape index (κ2) is 5.31.